The smallest absolute Gasteiger partial charge is 0.307 e. The maximum atomic E-state index is 12.5. The van der Waals surface area contributed by atoms with Gasteiger partial charge in [0.05, 0.1) is 6.42 Å². The number of aliphatic carboxylic acids is 1. The van der Waals surface area contributed by atoms with Crippen molar-refractivity contribution < 1.29 is 14.7 Å². The summed E-state index contributed by atoms with van der Waals surface area (Å²) < 4.78 is 0. The number of rotatable bonds is 5. The highest BCUT2D eigenvalue weighted by Gasteiger charge is 2.15. The Kier molecular flexibility index (Phi) is 10.8. The van der Waals surface area contributed by atoms with Crippen LogP contribution in [0.25, 0.3) is 0 Å². The molecule has 2 rings (SSSR count). The van der Waals surface area contributed by atoms with Gasteiger partial charge in [-0.05, 0) is 23.6 Å². The van der Waals surface area contributed by atoms with Gasteiger partial charge in [-0.25, -0.2) is 0 Å². The Morgan fingerprint density at radius 2 is 1.54 bits per heavy atom. The van der Waals surface area contributed by atoms with Crippen molar-refractivity contribution in [3.8, 4) is 0 Å². The van der Waals surface area contributed by atoms with Gasteiger partial charge in [0, 0.05) is 11.1 Å². The third-order valence-corrected chi connectivity index (χ3v) is 3.20. The Hall–Kier alpha value is -2.42. The van der Waals surface area contributed by atoms with Gasteiger partial charge in [0.25, 0.3) is 0 Å². The molecule has 1 N–H and O–H groups in total. The van der Waals surface area contributed by atoms with Crippen LogP contribution in [0.2, 0.25) is 0 Å². The maximum absolute atomic E-state index is 12.5. The quantitative estimate of drug-likeness (QED) is 0.771. The number of carboxylic acids is 1. The predicted octanol–water partition coefficient (Wildman–Crippen LogP) is 5.16. The van der Waals surface area contributed by atoms with E-state index in [0.717, 1.165) is 12.0 Å². The van der Waals surface area contributed by atoms with E-state index >= 15 is 0 Å². The first-order chi connectivity index (χ1) is 11.6. The molecule has 0 saturated heterocycles. The lowest BCUT2D eigenvalue weighted by Gasteiger charge is -2.08. The molecule has 2 aromatic rings. The summed E-state index contributed by atoms with van der Waals surface area (Å²) in [6, 6.07) is 14.3. The topological polar surface area (TPSA) is 54.4 Å². The molecule has 0 unspecified atom stereocenters. The molecule has 0 atom stereocenters. The molecule has 3 heteroatoms. The Morgan fingerprint density at radius 3 is 2.12 bits per heavy atom. The minimum Gasteiger partial charge on any atom is -0.481 e. The number of hydrogen-bond acceptors (Lipinski definition) is 2. The fraction of sp³-hybridized carbons (Fsp3) is 0.333. The molecule has 0 amide bonds. The maximum Gasteiger partial charge on any atom is 0.307 e. The van der Waals surface area contributed by atoms with E-state index in [2.05, 4.69) is 0 Å². The van der Waals surface area contributed by atoms with Crippen LogP contribution in [-0.4, -0.2) is 16.9 Å². The molecule has 130 valence electrons. The van der Waals surface area contributed by atoms with E-state index in [1.54, 1.807) is 30.3 Å². The molecule has 0 saturated carbocycles. The second-order valence-corrected chi connectivity index (χ2v) is 4.61. The highest BCUT2D eigenvalue weighted by molar-refractivity contribution is 6.10. The molecule has 2 aromatic carbocycles. The molecular formula is C21H28O3. The summed E-state index contributed by atoms with van der Waals surface area (Å²) in [5.41, 5.74) is 2.70. The first-order valence-electron chi connectivity index (χ1n) is 8.55. The van der Waals surface area contributed by atoms with Crippen LogP contribution in [0.3, 0.4) is 0 Å². The first kappa shape index (κ1) is 21.6. The summed E-state index contributed by atoms with van der Waals surface area (Å²) in [7, 11) is 0. The SMILES string of the molecule is CC.CC.CCc1cccc(C(=O)c2ccccc2CC(=O)O)c1. The van der Waals surface area contributed by atoms with Gasteiger partial charge in [0.15, 0.2) is 5.78 Å². The number of hydrogen-bond donors (Lipinski definition) is 1. The van der Waals surface area contributed by atoms with Crippen LogP contribution in [-0.2, 0) is 17.6 Å². The lowest BCUT2D eigenvalue weighted by atomic mass is 9.95. The zero-order valence-corrected chi connectivity index (χ0v) is 15.3. The zero-order valence-electron chi connectivity index (χ0n) is 15.3. The first-order valence-corrected chi connectivity index (χ1v) is 8.55. The third kappa shape index (κ3) is 6.37. The van der Waals surface area contributed by atoms with Gasteiger partial charge < -0.3 is 5.11 Å². The van der Waals surface area contributed by atoms with E-state index in [4.69, 9.17) is 5.11 Å². The van der Waals surface area contributed by atoms with Gasteiger partial charge in [0.1, 0.15) is 0 Å². The van der Waals surface area contributed by atoms with Crippen LogP contribution >= 0.6 is 0 Å². The Morgan fingerprint density at radius 1 is 0.917 bits per heavy atom. The second kappa shape index (κ2) is 12.1. The van der Waals surface area contributed by atoms with E-state index in [0.29, 0.717) is 16.7 Å². The normalized spacial score (nSPS) is 9.04. The average molecular weight is 328 g/mol. The van der Waals surface area contributed by atoms with Crippen molar-refractivity contribution in [2.75, 3.05) is 0 Å². The van der Waals surface area contributed by atoms with E-state index < -0.39 is 5.97 Å². The van der Waals surface area contributed by atoms with Gasteiger partial charge >= 0.3 is 5.97 Å². The minimum absolute atomic E-state index is 0.128. The molecule has 0 aromatic heterocycles. The molecular weight excluding hydrogens is 300 g/mol. The van der Waals surface area contributed by atoms with Gasteiger partial charge in [-0.2, -0.15) is 0 Å². The van der Waals surface area contributed by atoms with Gasteiger partial charge in [-0.1, -0.05) is 77.1 Å². The molecule has 0 spiro atoms. The van der Waals surface area contributed by atoms with Crippen molar-refractivity contribution >= 4 is 11.8 Å². The van der Waals surface area contributed by atoms with Crippen molar-refractivity contribution in [3.63, 3.8) is 0 Å². The van der Waals surface area contributed by atoms with Gasteiger partial charge in [0.2, 0.25) is 0 Å². The largest absolute Gasteiger partial charge is 0.481 e. The minimum atomic E-state index is -0.937. The average Bonchev–Trinajstić information content (AvgIpc) is 2.64. The summed E-state index contributed by atoms with van der Waals surface area (Å²) >= 11 is 0. The van der Waals surface area contributed by atoms with E-state index in [-0.39, 0.29) is 12.2 Å². The van der Waals surface area contributed by atoms with Crippen molar-refractivity contribution in [1.29, 1.82) is 0 Å². The van der Waals surface area contributed by atoms with Crippen LogP contribution in [0.15, 0.2) is 48.5 Å². The summed E-state index contributed by atoms with van der Waals surface area (Å²) in [5, 5.41) is 8.91. The monoisotopic (exact) mass is 328 g/mol. The summed E-state index contributed by atoms with van der Waals surface area (Å²) in [6.45, 7) is 10.0. The van der Waals surface area contributed by atoms with Crippen LogP contribution in [0, 0.1) is 0 Å². The molecule has 24 heavy (non-hydrogen) atoms. The lowest BCUT2D eigenvalue weighted by Crippen LogP contribution is -2.09. The Balaban J connectivity index is 0.00000123. The van der Waals surface area contributed by atoms with Crippen LogP contribution in [0.4, 0.5) is 0 Å². The third-order valence-electron chi connectivity index (χ3n) is 3.20. The Labute approximate surface area is 145 Å². The summed E-state index contributed by atoms with van der Waals surface area (Å²) in [5.74, 6) is -1.07. The van der Waals surface area contributed by atoms with Crippen LogP contribution in [0.5, 0.6) is 0 Å². The highest BCUT2D eigenvalue weighted by atomic mass is 16.4. The molecule has 3 nitrogen and oxygen atoms in total. The fourth-order valence-electron chi connectivity index (χ4n) is 2.15. The number of carbonyl (C=O) groups excluding carboxylic acids is 1. The van der Waals surface area contributed by atoms with Gasteiger partial charge in [-0.3, -0.25) is 9.59 Å². The van der Waals surface area contributed by atoms with E-state index in [9.17, 15) is 9.59 Å². The summed E-state index contributed by atoms with van der Waals surface area (Å²) in [6.07, 6.45) is 0.716. The predicted molar refractivity (Wildman–Crippen MR) is 99.7 cm³/mol. The lowest BCUT2D eigenvalue weighted by molar-refractivity contribution is -0.136. The number of carbonyl (C=O) groups is 2. The molecule has 0 aliphatic rings. The van der Waals surface area contributed by atoms with Crippen LogP contribution < -0.4 is 0 Å². The number of aryl methyl sites for hydroxylation is 1. The second-order valence-electron chi connectivity index (χ2n) is 4.61. The van der Waals surface area contributed by atoms with E-state index in [1.165, 1.54) is 0 Å². The van der Waals surface area contributed by atoms with Gasteiger partial charge in [-0.15, -0.1) is 0 Å². The highest BCUT2D eigenvalue weighted by Crippen LogP contribution is 2.16. The fourth-order valence-corrected chi connectivity index (χ4v) is 2.15. The van der Waals surface area contributed by atoms with Crippen molar-refractivity contribution in [3.05, 3.63) is 70.8 Å². The van der Waals surface area contributed by atoms with Crippen molar-refractivity contribution in [2.24, 2.45) is 0 Å². The summed E-state index contributed by atoms with van der Waals surface area (Å²) in [4.78, 5) is 23.4. The zero-order chi connectivity index (χ0) is 18.5. The Bertz CT molecular complexity index is 645. The molecule has 0 heterocycles. The van der Waals surface area contributed by atoms with Crippen LogP contribution in [0.1, 0.15) is 61.7 Å². The number of benzene rings is 2. The standard InChI is InChI=1S/C17H16O3.2C2H6/c1-2-12-6-5-8-14(10-12)17(20)15-9-4-3-7-13(15)11-16(18)19;2*1-2/h3-10H,2,11H2,1H3,(H,18,19);2*1-2H3. The molecule has 0 fully saturated rings. The number of ketones is 1. The molecule has 0 radical (unpaired) electrons. The molecule has 0 aliphatic heterocycles. The van der Waals surface area contributed by atoms with E-state index in [1.807, 2.05) is 52.8 Å². The molecule has 0 bridgehead atoms. The number of carboxylic acid groups (broad SMARTS) is 1. The molecule has 0 aliphatic carbocycles. The van der Waals surface area contributed by atoms with Crippen molar-refractivity contribution in [2.45, 2.75) is 47.5 Å². The van der Waals surface area contributed by atoms with Crippen molar-refractivity contribution in [1.82, 2.24) is 0 Å².